The van der Waals surface area contributed by atoms with Crippen molar-refractivity contribution in [2.24, 2.45) is 11.8 Å². The van der Waals surface area contributed by atoms with E-state index in [0.29, 0.717) is 12.3 Å². The SMILES string of the molecule is COC(=O)[C@H](CC1CCCCC1)[C@@H](O[Si](c1ccccc1)(c1ccccc1)C(C)(C)C)C(=O)OC. The zero-order chi connectivity index (χ0) is 25.5. The normalized spacial score (nSPS) is 16.8. The van der Waals surface area contributed by atoms with Gasteiger partial charge in [0.15, 0.2) is 6.10 Å². The molecule has 2 aromatic carbocycles. The predicted molar refractivity (Wildman–Crippen MR) is 141 cm³/mol. The zero-order valence-corrected chi connectivity index (χ0v) is 22.8. The lowest BCUT2D eigenvalue weighted by molar-refractivity contribution is -0.163. The third-order valence-electron chi connectivity index (χ3n) is 7.34. The van der Waals surface area contributed by atoms with Crippen LogP contribution in [0.1, 0.15) is 59.3 Å². The van der Waals surface area contributed by atoms with E-state index in [-0.39, 0.29) is 5.04 Å². The largest absolute Gasteiger partial charge is 0.469 e. The van der Waals surface area contributed by atoms with Gasteiger partial charge in [0, 0.05) is 0 Å². The van der Waals surface area contributed by atoms with E-state index in [9.17, 15) is 9.59 Å². The topological polar surface area (TPSA) is 61.8 Å². The summed E-state index contributed by atoms with van der Waals surface area (Å²) in [6, 6.07) is 20.3. The Bertz CT molecular complexity index is 909. The summed E-state index contributed by atoms with van der Waals surface area (Å²) in [5.74, 6) is -1.30. The van der Waals surface area contributed by atoms with Gasteiger partial charge in [0.25, 0.3) is 8.32 Å². The maximum atomic E-state index is 13.4. The molecule has 0 unspecified atom stereocenters. The van der Waals surface area contributed by atoms with Gasteiger partial charge in [-0.2, -0.15) is 0 Å². The molecule has 0 aliphatic heterocycles. The fraction of sp³-hybridized carbons (Fsp3) is 0.517. The van der Waals surface area contributed by atoms with E-state index in [0.717, 1.165) is 36.1 Å². The number of carbonyl (C=O) groups is 2. The number of hydrogen-bond donors (Lipinski definition) is 0. The van der Waals surface area contributed by atoms with E-state index >= 15 is 0 Å². The van der Waals surface area contributed by atoms with Crippen molar-refractivity contribution in [1.29, 1.82) is 0 Å². The molecule has 0 amide bonds. The molecule has 1 fully saturated rings. The second-order valence-electron chi connectivity index (χ2n) is 10.6. The summed E-state index contributed by atoms with van der Waals surface area (Å²) in [6.07, 6.45) is 5.14. The highest BCUT2D eigenvalue weighted by Gasteiger charge is 2.54. The average molecular weight is 497 g/mol. The Morgan fingerprint density at radius 2 is 1.31 bits per heavy atom. The first kappa shape index (κ1) is 27.1. The smallest absolute Gasteiger partial charge is 0.334 e. The van der Waals surface area contributed by atoms with Gasteiger partial charge in [-0.15, -0.1) is 0 Å². The van der Waals surface area contributed by atoms with E-state index in [1.807, 2.05) is 36.4 Å². The van der Waals surface area contributed by atoms with Gasteiger partial charge < -0.3 is 13.9 Å². The summed E-state index contributed by atoms with van der Waals surface area (Å²) in [6.45, 7) is 6.46. The Balaban J connectivity index is 2.16. The van der Waals surface area contributed by atoms with Crippen LogP contribution < -0.4 is 10.4 Å². The zero-order valence-electron chi connectivity index (χ0n) is 21.8. The van der Waals surface area contributed by atoms with Crippen LogP contribution in [0.15, 0.2) is 60.7 Å². The molecular formula is C29H40O5Si. The highest BCUT2D eigenvalue weighted by Crippen LogP contribution is 2.40. The van der Waals surface area contributed by atoms with Gasteiger partial charge >= 0.3 is 11.9 Å². The fourth-order valence-corrected chi connectivity index (χ4v) is 10.2. The van der Waals surface area contributed by atoms with Crippen molar-refractivity contribution in [3.63, 3.8) is 0 Å². The Morgan fingerprint density at radius 3 is 1.74 bits per heavy atom. The molecular weight excluding hydrogens is 456 g/mol. The molecule has 5 nitrogen and oxygen atoms in total. The van der Waals surface area contributed by atoms with Crippen molar-refractivity contribution in [3.8, 4) is 0 Å². The van der Waals surface area contributed by atoms with Crippen molar-refractivity contribution >= 4 is 30.6 Å². The number of rotatable bonds is 9. The quantitative estimate of drug-likeness (QED) is 0.366. The van der Waals surface area contributed by atoms with Gasteiger partial charge in [-0.3, -0.25) is 4.79 Å². The van der Waals surface area contributed by atoms with Crippen LogP contribution in [0.25, 0.3) is 0 Å². The molecule has 190 valence electrons. The average Bonchev–Trinajstić information content (AvgIpc) is 2.88. The van der Waals surface area contributed by atoms with E-state index in [4.69, 9.17) is 13.9 Å². The highest BCUT2D eigenvalue weighted by atomic mass is 28.4. The van der Waals surface area contributed by atoms with Crippen LogP contribution >= 0.6 is 0 Å². The van der Waals surface area contributed by atoms with Crippen LogP contribution in [0.4, 0.5) is 0 Å². The molecule has 0 radical (unpaired) electrons. The molecule has 0 N–H and O–H groups in total. The Hall–Kier alpha value is -2.44. The molecule has 0 bridgehead atoms. The number of hydrogen-bond acceptors (Lipinski definition) is 5. The standard InChI is InChI=1S/C29H40O5Si/c1-29(2,3)35(23-17-11-7-12-18-23,24-19-13-8-14-20-24)34-26(28(31)33-5)25(27(30)32-4)21-22-15-9-6-10-16-22/h7-8,11-14,17-20,22,25-26H,6,9-10,15-16,21H2,1-5H3/t25-,26-/m1/s1. The van der Waals surface area contributed by atoms with Crippen LogP contribution in [0.5, 0.6) is 0 Å². The lowest BCUT2D eigenvalue weighted by Gasteiger charge is -2.45. The maximum Gasteiger partial charge on any atom is 0.334 e. The van der Waals surface area contributed by atoms with E-state index in [1.54, 1.807) is 0 Å². The van der Waals surface area contributed by atoms with E-state index < -0.39 is 32.3 Å². The predicted octanol–water partition coefficient (Wildman–Crippen LogP) is 4.86. The minimum absolute atomic E-state index is 0.340. The van der Waals surface area contributed by atoms with Crippen LogP contribution in [0.2, 0.25) is 5.04 Å². The van der Waals surface area contributed by atoms with Gasteiger partial charge in [-0.25, -0.2) is 4.79 Å². The van der Waals surface area contributed by atoms with Gasteiger partial charge in [0.05, 0.1) is 20.1 Å². The molecule has 0 saturated heterocycles. The molecule has 1 aliphatic rings. The van der Waals surface area contributed by atoms with E-state index in [1.165, 1.54) is 20.6 Å². The molecule has 2 atom stereocenters. The Kier molecular flexibility index (Phi) is 9.31. The van der Waals surface area contributed by atoms with Crippen LogP contribution in [0.3, 0.4) is 0 Å². The summed E-state index contributed by atoms with van der Waals surface area (Å²) in [7, 11) is -0.345. The van der Waals surface area contributed by atoms with Crippen LogP contribution in [-0.4, -0.2) is 40.6 Å². The van der Waals surface area contributed by atoms with Crippen molar-refractivity contribution in [3.05, 3.63) is 60.7 Å². The number of ether oxygens (including phenoxy) is 2. The highest BCUT2D eigenvalue weighted by molar-refractivity contribution is 6.99. The summed E-state index contributed by atoms with van der Waals surface area (Å²) in [5, 5.41) is 1.76. The van der Waals surface area contributed by atoms with Crippen molar-refractivity contribution in [2.75, 3.05) is 14.2 Å². The number of esters is 2. The first-order valence-corrected chi connectivity index (χ1v) is 14.6. The minimum atomic E-state index is -3.09. The molecule has 1 aliphatic carbocycles. The Morgan fingerprint density at radius 1 is 0.829 bits per heavy atom. The number of benzene rings is 2. The lowest BCUT2D eigenvalue weighted by Crippen LogP contribution is -2.69. The van der Waals surface area contributed by atoms with Crippen molar-refractivity contribution in [2.45, 2.75) is 70.4 Å². The van der Waals surface area contributed by atoms with Crippen molar-refractivity contribution in [1.82, 2.24) is 0 Å². The molecule has 6 heteroatoms. The Labute approximate surface area is 211 Å². The summed E-state index contributed by atoms with van der Waals surface area (Å²) in [5.41, 5.74) is 0. The van der Waals surface area contributed by atoms with Crippen LogP contribution in [-0.2, 0) is 23.5 Å². The first-order valence-electron chi connectivity index (χ1n) is 12.7. The molecule has 0 aromatic heterocycles. The van der Waals surface area contributed by atoms with Gasteiger partial charge in [0.1, 0.15) is 0 Å². The molecule has 3 rings (SSSR count). The maximum absolute atomic E-state index is 13.4. The van der Waals surface area contributed by atoms with Gasteiger partial charge in [0.2, 0.25) is 0 Å². The fourth-order valence-electron chi connectivity index (χ4n) is 5.57. The number of methoxy groups -OCH3 is 2. The molecule has 0 heterocycles. The minimum Gasteiger partial charge on any atom is -0.469 e. The molecule has 0 spiro atoms. The third-order valence-corrected chi connectivity index (χ3v) is 12.3. The van der Waals surface area contributed by atoms with Crippen LogP contribution in [0, 0.1) is 11.8 Å². The first-order chi connectivity index (χ1) is 16.7. The lowest BCUT2D eigenvalue weighted by atomic mass is 9.81. The molecule has 2 aromatic rings. The monoisotopic (exact) mass is 496 g/mol. The van der Waals surface area contributed by atoms with Crippen molar-refractivity contribution < 1.29 is 23.5 Å². The van der Waals surface area contributed by atoms with E-state index in [2.05, 4.69) is 45.0 Å². The molecule has 35 heavy (non-hydrogen) atoms. The summed E-state index contributed by atoms with van der Waals surface area (Å²) < 4.78 is 17.6. The third kappa shape index (κ3) is 6.04. The summed E-state index contributed by atoms with van der Waals surface area (Å²) >= 11 is 0. The van der Waals surface area contributed by atoms with Gasteiger partial charge in [-0.05, 0) is 27.8 Å². The number of carbonyl (C=O) groups excluding carboxylic acids is 2. The molecule has 1 saturated carbocycles. The second-order valence-corrected chi connectivity index (χ2v) is 14.8. The second kappa shape index (κ2) is 12.0. The van der Waals surface area contributed by atoms with Gasteiger partial charge in [-0.1, -0.05) is 114 Å². The summed E-state index contributed by atoms with van der Waals surface area (Å²) in [4.78, 5) is 26.5.